The number of pyridine rings is 1. The van der Waals surface area contributed by atoms with Crippen molar-refractivity contribution in [3.8, 4) is 0 Å². The van der Waals surface area contributed by atoms with Crippen molar-refractivity contribution < 1.29 is 18.3 Å². The van der Waals surface area contributed by atoms with Crippen molar-refractivity contribution in [1.29, 1.82) is 0 Å². The number of rotatable bonds is 3. The lowest BCUT2D eigenvalue weighted by molar-refractivity contribution is 0.0593. The molecule has 0 radical (unpaired) electrons. The Hall–Kier alpha value is -1.76. The second-order valence-electron chi connectivity index (χ2n) is 4.43. The normalized spacial score (nSPS) is 22.7. The molecule has 7 heteroatoms. The second-order valence-corrected chi connectivity index (χ2v) is 4.43. The molecule has 0 spiro atoms. The summed E-state index contributed by atoms with van der Waals surface area (Å²) in [7, 11) is 1.25. The quantitative estimate of drug-likeness (QED) is 0.815. The molecule has 2 rings (SSSR count). The molecule has 5 nitrogen and oxygen atoms in total. The molecule has 0 unspecified atom stereocenters. The molecule has 19 heavy (non-hydrogen) atoms. The molecule has 1 aliphatic rings. The lowest BCUT2D eigenvalue weighted by atomic mass is 10.0. The molecule has 1 fully saturated rings. The van der Waals surface area contributed by atoms with Crippen LogP contribution < -0.4 is 11.1 Å². The van der Waals surface area contributed by atoms with Crippen LogP contribution in [-0.2, 0) is 4.74 Å². The summed E-state index contributed by atoms with van der Waals surface area (Å²) < 4.78 is 29.8. The fourth-order valence-corrected chi connectivity index (χ4v) is 2.21. The van der Waals surface area contributed by atoms with Crippen LogP contribution in [0.15, 0.2) is 12.3 Å². The second kappa shape index (κ2) is 5.48. The van der Waals surface area contributed by atoms with Gasteiger partial charge >= 0.3 is 5.97 Å². The predicted octanol–water partition coefficient (Wildman–Crippen LogP) is 1.51. The van der Waals surface area contributed by atoms with Crippen LogP contribution in [-0.4, -0.2) is 30.5 Å². The summed E-state index contributed by atoms with van der Waals surface area (Å²) in [5.74, 6) is -0.579. The lowest BCUT2D eigenvalue weighted by Gasteiger charge is -2.16. The Balaban J connectivity index is 2.22. The number of anilines is 1. The highest BCUT2D eigenvalue weighted by atomic mass is 19.3. The number of nitrogen functional groups attached to an aromatic ring is 1. The highest BCUT2D eigenvalue weighted by Crippen LogP contribution is 2.32. The Kier molecular flexibility index (Phi) is 3.94. The van der Waals surface area contributed by atoms with E-state index >= 15 is 0 Å². The van der Waals surface area contributed by atoms with Crippen LogP contribution in [0.2, 0.25) is 0 Å². The van der Waals surface area contributed by atoms with Gasteiger partial charge in [0.1, 0.15) is 5.69 Å². The molecule has 104 valence electrons. The first-order chi connectivity index (χ1) is 9.02. The third-order valence-electron chi connectivity index (χ3n) is 3.22. The molecule has 1 aromatic heterocycles. The van der Waals surface area contributed by atoms with E-state index in [1.807, 2.05) is 0 Å². The third-order valence-corrected chi connectivity index (χ3v) is 3.22. The smallest absolute Gasteiger partial charge is 0.356 e. The average molecular weight is 271 g/mol. The van der Waals surface area contributed by atoms with Crippen LogP contribution in [0.4, 0.5) is 14.5 Å². The van der Waals surface area contributed by atoms with Crippen molar-refractivity contribution in [2.45, 2.75) is 31.4 Å². The number of nitrogens with two attached hydrogens (primary N) is 1. The van der Waals surface area contributed by atoms with Crippen molar-refractivity contribution in [3.05, 3.63) is 23.5 Å². The Morgan fingerprint density at radius 2 is 2.32 bits per heavy atom. The third kappa shape index (κ3) is 2.81. The van der Waals surface area contributed by atoms with E-state index < -0.39 is 18.4 Å². The maximum atomic E-state index is 12.6. The number of halogens is 2. The number of esters is 1. The summed E-state index contributed by atoms with van der Waals surface area (Å²) in [5.41, 5.74) is 6.89. The van der Waals surface area contributed by atoms with Crippen LogP contribution >= 0.6 is 0 Å². The van der Waals surface area contributed by atoms with Gasteiger partial charge in [-0.15, -0.1) is 0 Å². The van der Waals surface area contributed by atoms with E-state index in [9.17, 15) is 13.6 Å². The van der Waals surface area contributed by atoms with Gasteiger partial charge in [-0.25, -0.2) is 18.6 Å². The summed E-state index contributed by atoms with van der Waals surface area (Å²) >= 11 is 0. The fraction of sp³-hybridized carbons (Fsp3) is 0.500. The first-order valence-corrected chi connectivity index (χ1v) is 5.91. The molecule has 1 saturated heterocycles. The summed E-state index contributed by atoms with van der Waals surface area (Å²) in [6, 6.07) is 0.372. The standard InChI is InChI=1S/C12H15F2N3O2/c1-19-12(18)10-4-6(7(15)5-16-10)8-2-3-9(17-8)11(13)14/h4-5,8-9,11,17H,2-3,15H2,1H3/t8-,9-/m0/s1. The zero-order valence-electron chi connectivity index (χ0n) is 10.4. The Bertz CT molecular complexity index is 482. The number of hydrogen-bond acceptors (Lipinski definition) is 5. The lowest BCUT2D eigenvalue weighted by Crippen LogP contribution is -2.31. The number of ether oxygens (including phenoxy) is 1. The van der Waals surface area contributed by atoms with Gasteiger partial charge in [0.25, 0.3) is 6.43 Å². The predicted molar refractivity (Wildman–Crippen MR) is 64.9 cm³/mol. The fourth-order valence-electron chi connectivity index (χ4n) is 2.21. The maximum absolute atomic E-state index is 12.6. The van der Waals surface area contributed by atoms with Crippen molar-refractivity contribution in [2.24, 2.45) is 0 Å². The van der Waals surface area contributed by atoms with E-state index in [1.54, 1.807) is 0 Å². The molecule has 2 heterocycles. The molecular formula is C12H15F2N3O2. The first-order valence-electron chi connectivity index (χ1n) is 5.91. The van der Waals surface area contributed by atoms with E-state index in [1.165, 1.54) is 19.4 Å². The van der Waals surface area contributed by atoms with Gasteiger partial charge in [0.15, 0.2) is 0 Å². The molecule has 1 aliphatic heterocycles. The number of carbonyl (C=O) groups excluding carboxylic acids is 1. The topological polar surface area (TPSA) is 77.2 Å². The molecule has 0 saturated carbocycles. The average Bonchev–Trinajstić information content (AvgIpc) is 2.88. The number of carbonyl (C=O) groups is 1. The van der Waals surface area contributed by atoms with Gasteiger partial charge in [-0.3, -0.25) is 0 Å². The Morgan fingerprint density at radius 3 is 2.89 bits per heavy atom. The van der Waals surface area contributed by atoms with Crippen LogP contribution in [0.25, 0.3) is 0 Å². The summed E-state index contributed by atoms with van der Waals surface area (Å²) in [6.07, 6.45) is -0.145. The van der Waals surface area contributed by atoms with Crippen LogP contribution in [0.5, 0.6) is 0 Å². The van der Waals surface area contributed by atoms with Crippen LogP contribution in [0, 0.1) is 0 Å². The molecule has 0 aromatic carbocycles. The molecule has 1 aromatic rings. The molecule has 0 bridgehead atoms. The van der Waals surface area contributed by atoms with Crippen molar-refractivity contribution in [2.75, 3.05) is 12.8 Å². The van der Waals surface area contributed by atoms with E-state index in [0.717, 1.165) is 0 Å². The van der Waals surface area contributed by atoms with E-state index in [4.69, 9.17) is 5.73 Å². The number of methoxy groups -OCH3 is 1. The Labute approximate surface area is 109 Å². The van der Waals surface area contributed by atoms with Gasteiger partial charge in [-0.2, -0.15) is 0 Å². The summed E-state index contributed by atoms with van der Waals surface area (Å²) in [5, 5.41) is 2.82. The molecular weight excluding hydrogens is 256 g/mol. The highest BCUT2D eigenvalue weighted by Gasteiger charge is 2.32. The largest absolute Gasteiger partial charge is 0.464 e. The number of alkyl halides is 2. The number of nitrogens with one attached hydrogen (secondary N) is 1. The Morgan fingerprint density at radius 1 is 1.58 bits per heavy atom. The van der Waals surface area contributed by atoms with E-state index in [0.29, 0.717) is 24.1 Å². The summed E-state index contributed by atoms with van der Waals surface area (Å²) in [6.45, 7) is 0. The van der Waals surface area contributed by atoms with Crippen LogP contribution in [0.3, 0.4) is 0 Å². The van der Waals surface area contributed by atoms with Gasteiger partial charge in [0, 0.05) is 6.04 Å². The van der Waals surface area contributed by atoms with E-state index in [2.05, 4.69) is 15.0 Å². The van der Waals surface area contributed by atoms with Gasteiger partial charge in [-0.1, -0.05) is 0 Å². The minimum Gasteiger partial charge on any atom is -0.464 e. The minimum atomic E-state index is -2.41. The van der Waals surface area contributed by atoms with Crippen molar-refractivity contribution in [1.82, 2.24) is 10.3 Å². The molecule has 0 aliphatic carbocycles. The van der Waals surface area contributed by atoms with Gasteiger partial charge < -0.3 is 15.8 Å². The molecule has 2 atom stereocenters. The molecule has 3 N–H and O–H groups in total. The molecule has 0 amide bonds. The first kappa shape index (κ1) is 13.7. The van der Waals surface area contributed by atoms with Crippen molar-refractivity contribution in [3.63, 3.8) is 0 Å². The zero-order chi connectivity index (χ0) is 14.0. The van der Waals surface area contributed by atoms with Gasteiger partial charge in [0.05, 0.1) is 25.0 Å². The summed E-state index contributed by atoms with van der Waals surface area (Å²) in [4.78, 5) is 15.3. The van der Waals surface area contributed by atoms with Crippen molar-refractivity contribution >= 4 is 11.7 Å². The van der Waals surface area contributed by atoms with E-state index in [-0.39, 0.29) is 11.7 Å². The van der Waals surface area contributed by atoms with Gasteiger partial charge in [-0.05, 0) is 24.5 Å². The monoisotopic (exact) mass is 271 g/mol. The van der Waals surface area contributed by atoms with Crippen LogP contribution in [0.1, 0.15) is 34.9 Å². The number of aromatic nitrogens is 1. The van der Waals surface area contributed by atoms with Gasteiger partial charge in [0.2, 0.25) is 0 Å². The SMILES string of the molecule is COC(=O)c1cc([C@@H]2CC[C@@H](C(F)F)N2)c(N)cn1. The highest BCUT2D eigenvalue weighted by molar-refractivity contribution is 5.87. The number of hydrogen-bond donors (Lipinski definition) is 2. The zero-order valence-corrected chi connectivity index (χ0v) is 10.4. The maximum Gasteiger partial charge on any atom is 0.356 e. The number of nitrogens with zero attached hydrogens (tertiary/aromatic N) is 1. The minimum absolute atomic E-state index is 0.119.